The Bertz CT molecular complexity index is 1250. The molecule has 1 N–H and O–H groups in total. The van der Waals surface area contributed by atoms with E-state index in [0.717, 1.165) is 46.6 Å². The van der Waals surface area contributed by atoms with Crippen LogP contribution in [0.1, 0.15) is 29.0 Å². The Morgan fingerprint density at radius 2 is 1.91 bits per heavy atom. The summed E-state index contributed by atoms with van der Waals surface area (Å²) in [4.78, 5) is 27.7. The van der Waals surface area contributed by atoms with Crippen LogP contribution < -0.4 is 5.32 Å². The lowest BCUT2D eigenvalue weighted by atomic mass is 9.96. The number of furan rings is 2. The number of anilines is 1. The number of hydrogen-bond acceptors (Lipinski definition) is 4. The molecule has 0 unspecified atom stereocenters. The molecule has 1 aliphatic rings. The molecule has 6 nitrogen and oxygen atoms in total. The van der Waals surface area contributed by atoms with Gasteiger partial charge >= 0.3 is 0 Å². The summed E-state index contributed by atoms with van der Waals surface area (Å²) >= 11 is 0. The lowest BCUT2D eigenvalue weighted by Gasteiger charge is -2.32. The van der Waals surface area contributed by atoms with Crippen LogP contribution in [-0.2, 0) is 4.79 Å². The summed E-state index contributed by atoms with van der Waals surface area (Å²) in [5.74, 6) is 1.25. The number of nitrogens with zero attached hydrogens (tertiary/aromatic N) is 1. The zero-order valence-corrected chi connectivity index (χ0v) is 17.8. The second kappa shape index (κ2) is 8.38. The van der Waals surface area contributed by atoms with Crippen molar-refractivity contribution in [2.45, 2.75) is 19.8 Å². The average Bonchev–Trinajstić information content (AvgIpc) is 3.48. The van der Waals surface area contributed by atoms with Crippen LogP contribution in [0.5, 0.6) is 0 Å². The van der Waals surface area contributed by atoms with Crippen molar-refractivity contribution < 1.29 is 18.4 Å². The number of nitrogens with one attached hydrogen (secondary N) is 1. The van der Waals surface area contributed by atoms with E-state index in [1.165, 1.54) is 0 Å². The molecular formula is C26H24N2O4. The van der Waals surface area contributed by atoms with Crippen LogP contribution in [-0.4, -0.2) is 29.8 Å². The Kier molecular flexibility index (Phi) is 5.27. The summed E-state index contributed by atoms with van der Waals surface area (Å²) in [6.45, 7) is 2.96. The van der Waals surface area contributed by atoms with Gasteiger partial charge in [-0.25, -0.2) is 0 Å². The third kappa shape index (κ3) is 4.04. The fourth-order valence-corrected chi connectivity index (χ4v) is 4.27. The zero-order chi connectivity index (χ0) is 22.1. The van der Waals surface area contributed by atoms with E-state index >= 15 is 0 Å². The number of piperidine rings is 1. The molecule has 2 aromatic carbocycles. The molecule has 1 fully saturated rings. The first-order valence-electron chi connectivity index (χ1n) is 10.8. The normalized spacial score (nSPS) is 16.3. The van der Waals surface area contributed by atoms with Crippen molar-refractivity contribution in [2.75, 3.05) is 18.4 Å². The van der Waals surface area contributed by atoms with Crippen LogP contribution in [0.4, 0.5) is 5.69 Å². The van der Waals surface area contributed by atoms with Gasteiger partial charge in [0.15, 0.2) is 0 Å². The second-order valence-electron chi connectivity index (χ2n) is 8.24. The van der Waals surface area contributed by atoms with Crippen molar-refractivity contribution in [3.05, 3.63) is 78.3 Å². The van der Waals surface area contributed by atoms with E-state index in [1.807, 2.05) is 61.5 Å². The molecule has 6 heteroatoms. The Morgan fingerprint density at radius 1 is 1.06 bits per heavy atom. The summed E-state index contributed by atoms with van der Waals surface area (Å²) in [6.07, 6.45) is 3.20. The molecule has 0 aliphatic carbocycles. The van der Waals surface area contributed by atoms with Gasteiger partial charge < -0.3 is 19.1 Å². The number of amides is 2. The Balaban J connectivity index is 1.24. The van der Waals surface area contributed by atoms with Gasteiger partial charge in [0.05, 0.1) is 12.2 Å². The molecule has 2 aromatic heterocycles. The van der Waals surface area contributed by atoms with Crippen molar-refractivity contribution in [2.24, 2.45) is 5.92 Å². The van der Waals surface area contributed by atoms with Gasteiger partial charge in [0.25, 0.3) is 5.91 Å². The number of carbonyl (C=O) groups is 2. The minimum atomic E-state index is -0.239. The molecule has 1 aliphatic heterocycles. The van der Waals surface area contributed by atoms with Gasteiger partial charge in [-0.3, -0.25) is 9.59 Å². The molecule has 162 valence electrons. The van der Waals surface area contributed by atoms with E-state index in [1.54, 1.807) is 17.2 Å². The number of carbonyl (C=O) groups excluding carboxylic acids is 2. The Labute approximate surface area is 185 Å². The van der Waals surface area contributed by atoms with Gasteiger partial charge in [0.2, 0.25) is 5.91 Å². The van der Waals surface area contributed by atoms with Crippen molar-refractivity contribution in [3.8, 4) is 11.3 Å². The van der Waals surface area contributed by atoms with Gasteiger partial charge in [0.1, 0.15) is 17.1 Å². The van der Waals surface area contributed by atoms with Crippen LogP contribution >= 0.6 is 0 Å². The molecule has 1 atom stereocenters. The molecule has 0 spiro atoms. The Morgan fingerprint density at radius 3 is 2.69 bits per heavy atom. The van der Waals surface area contributed by atoms with E-state index in [4.69, 9.17) is 8.83 Å². The third-order valence-corrected chi connectivity index (χ3v) is 5.92. The maximum absolute atomic E-state index is 13.1. The maximum atomic E-state index is 13.1. The lowest BCUT2D eigenvalue weighted by molar-refractivity contribution is -0.121. The van der Waals surface area contributed by atoms with Gasteiger partial charge in [-0.15, -0.1) is 0 Å². The zero-order valence-electron chi connectivity index (χ0n) is 17.8. The summed E-state index contributed by atoms with van der Waals surface area (Å²) < 4.78 is 11.0. The predicted octanol–water partition coefficient (Wildman–Crippen LogP) is 5.49. The van der Waals surface area contributed by atoms with Crippen molar-refractivity contribution >= 4 is 28.5 Å². The molecule has 5 rings (SSSR count). The SMILES string of the molecule is Cc1cc2cc(C(=O)N3CCC[C@H](C(=O)Nc4ccc(-c5ccco5)cc4)C3)ccc2o1. The minimum absolute atomic E-state index is 0.0500. The summed E-state index contributed by atoms with van der Waals surface area (Å²) in [7, 11) is 0. The highest BCUT2D eigenvalue weighted by Crippen LogP contribution is 2.25. The molecule has 0 radical (unpaired) electrons. The monoisotopic (exact) mass is 428 g/mol. The van der Waals surface area contributed by atoms with Crippen LogP contribution in [0.2, 0.25) is 0 Å². The summed E-state index contributed by atoms with van der Waals surface area (Å²) in [5.41, 5.74) is 3.07. The molecule has 3 heterocycles. The minimum Gasteiger partial charge on any atom is -0.464 e. The molecule has 1 saturated heterocycles. The highest BCUT2D eigenvalue weighted by Gasteiger charge is 2.29. The van der Waals surface area contributed by atoms with Gasteiger partial charge in [-0.2, -0.15) is 0 Å². The highest BCUT2D eigenvalue weighted by molar-refractivity contribution is 5.99. The first kappa shape index (κ1) is 20.1. The van der Waals surface area contributed by atoms with Gasteiger partial charge in [0, 0.05) is 35.3 Å². The molecular weight excluding hydrogens is 404 g/mol. The topological polar surface area (TPSA) is 75.7 Å². The smallest absolute Gasteiger partial charge is 0.253 e. The van der Waals surface area contributed by atoms with Crippen LogP contribution in [0.3, 0.4) is 0 Å². The molecule has 0 bridgehead atoms. The quantitative estimate of drug-likeness (QED) is 0.466. The largest absolute Gasteiger partial charge is 0.464 e. The summed E-state index contributed by atoms with van der Waals surface area (Å²) in [6, 6.07) is 18.7. The van der Waals surface area contributed by atoms with E-state index in [-0.39, 0.29) is 17.7 Å². The number of likely N-dealkylation sites (tertiary alicyclic amines) is 1. The van der Waals surface area contributed by atoms with Crippen molar-refractivity contribution in [1.82, 2.24) is 4.90 Å². The third-order valence-electron chi connectivity index (χ3n) is 5.92. The number of benzene rings is 2. The van der Waals surface area contributed by atoms with E-state index < -0.39 is 0 Å². The second-order valence-corrected chi connectivity index (χ2v) is 8.24. The maximum Gasteiger partial charge on any atom is 0.253 e. The van der Waals surface area contributed by atoms with Crippen molar-refractivity contribution in [1.29, 1.82) is 0 Å². The molecule has 0 saturated carbocycles. The van der Waals surface area contributed by atoms with Crippen LogP contribution in [0.15, 0.2) is 75.8 Å². The first-order chi connectivity index (χ1) is 15.6. The van der Waals surface area contributed by atoms with E-state index in [0.29, 0.717) is 18.7 Å². The first-order valence-corrected chi connectivity index (χ1v) is 10.8. The predicted molar refractivity (Wildman–Crippen MR) is 122 cm³/mol. The standard InChI is InChI=1S/C26H24N2O4/c1-17-14-21-15-19(8-11-24(21)32-17)26(30)28-12-2-4-20(16-28)25(29)27-22-9-6-18(7-10-22)23-5-3-13-31-23/h3,5-11,13-15,20H,2,4,12,16H2,1H3,(H,27,29)/t20-/m0/s1. The fraction of sp³-hybridized carbons (Fsp3) is 0.231. The van der Waals surface area contributed by atoms with Crippen LogP contribution in [0.25, 0.3) is 22.3 Å². The lowest BCUT2D eigenvalue weighted by Crippen LogP contribution is -2.43. The van der Waals surface area contributed by atoms with E-state index in [9.17, 15) is 9.59 Å². The van der Waals surface area contributed by atoms with Crippen molar-refractivity contribution in [3.63, 3.8) is 0 Å². The summed E-state index contributed by atoms with van der Waals surface area (Å²) in [5, 5.41) is 3.90. The number of rotatable bonds is 4. The Hall–Kier alpha value is -3.80. The fourth-order valence-electron chi connectivity index (χ4n) is 4.27. The number of aryl methyl sites for hydroxylation is 1. The highest BCUT2D eigenvalue weighted by atomic mass is 16.3. The number of fused-ring (bicyclic) bond motifs is 1. The van der Waals surface area contributed by atoms with Gasteiger partial charge in [-0.1, -0.05) is 0 Å². The number of hydrogen-bond donors (Lipinski definition) is 1. The molecule has 4 aromatic rings. The van der Waals surface area contributed by atoms with E-state index in [2.05, 4.69) is 5.32 Å². The molecule has 2 amide bonds. The van der Waals surface area contributed by atoms with Gasteiger partial charge in [-0.05, 0) is 80.4 Å². The molecule has 32 heavy (non-hydrogen) atoms. The average molecular weight is 428 g/mol. The van der Waals surface area contributed by atoms with Crippen LogP contribution in [0, 0.1) is 12.8 Å².